The molecule has 0 saturated carbocycles. The smallest absolute Gasteiger partial charge is 0.317 e. The Morgan fingerprint density at radius 3 is 2.67 bits per heavy atom. The highest BCUT2D eigenvalue weighted by Gasteiger charge is 2.29. The van der Waals surface area contributed by atoms with Gasteiger partial charge in [-0.2, -0.15) is 0 Å². The highest BCUT2D eigenvalue weighted by Crippen LogP contribution is 2.16. The monoisotopic (exact) mass is 338 g/mol. The Morgan fingerprint density at radius 1 is 1.29 bits per heavy atom. The van der Waals surface area contributed by atoms with Crippen LogP contribution in [0, 0.1) is 5.92 Å². The molecule has 0 aromatic heterocycles. The van der Waals surface area contributed by atoms with Crippen molar-refractivity contribution in [2.24, 2.45) is 5.92 Å². The molecule has 7 nitrogen and oxygen atoms in total. The molecule has 1 atom stereocenters. The van der Waals surface area contributed by atoms with Crippen molar-refractivity contribution in [3.63, 3.8) is 0 Å². The van der Waals surface area contributed by atoms with Crippen LogP contribution in [0.1, 0.15) is 19.3 Å². The maximum absolute atomic E-state index is 11.7. The second-order valence-corrected chi connectivity index (χ2v) is 6.14. The summed E-state index contributed by atoms with van der Waals surface area (Å²) in [6.07, 6.45) is 1.62. The Bertz CT molecular complexity index is 502. The Kier molecular flexibility index (Phi) is 7.14. The fourth-order valence-electron chi connectivity index (χ4n) is 2.48. The van der Waals surface area contributed by atoms with Gasteiger partial charge in [-0.3, -0.25) is 0 Å². The molecule has 1 fully saturated rings. The third-order valence-corrected chi connectivity index (χ3v) is 4.02. The fraction of sp³-hybridized carbons (Fsp3) is 0.588. The van der Waals surface area contributed by atoms with Crippen LogP contribution < -0.4 is 10.1 Å². The molecule has 134 valence electrons. The van der Waals surface area contributed by atoms with E-state index in [9.17, 15) is 15.0 Å². The molecule has 0 aliphatic carbocycles. The molecule has 24 heavy (non-hydrogen) atoms. The number of carbonyl (C=O) groups is 1. The number of likely N-dealkylation sites (tertiary alicyclic amines) is 1. The van der Waals surface area contributed by atoms with Crippen LogP contribution in [0.15, 0.2) is 24.3 Å². The van der Waals surface area contributed by atoms with E-state index in [4.69, 9.17) is 9.84 Å². The van der Waals surface area contributed by atoms with Gasteiger partial charge in [0.25, 0.3) is 0 Å². The number of aliphatic hydroxyl groups excluding tert-OH is 2. The summed E-state index contributed by atoms with van der Waals surface area (Å²) < 4.78 is 5.43. The van der Waals surface area contributed by atoms with Gasteiger partial charge in [0.2, 0.25) is 0 Å². The number of nitrogens with one attached hydrogen (secondary N) is 1. The number of aromatic hydroxyl groups is 1. The van der Waals surface area contributed by atoms with E-state index < -0.39 is 6.10 Å². The van der Waals surface area contributed by atoms with Crippen molar-refractivity contribution in [1.82, 2.24) is 10.2 Å². The number of benzene rings is 1. The van der Waals surface area contributed by atoms with E-state index in [1.165, 1.54) is 12.1 Å². The molecule has 1 saturated heterocycles. The summed E-state index contributed by atoms with van der Waals surface area (Å²) in [6, 6.07) is 6.27. The molecule has 0 spiro atoms. The van der Waals surface area contributed by atoms with Crippen molar-refractivity contribution in [2.75, 3.05) is 32.8 Å². The number of amides is 2. The normalized spacial score (nSPS) is 15.7. The predicted molar refractivity (Wildman–Crippen MR) is 89.0 cm³/mol. The minimum atomic E-state index is -0.560. The lowest BCUT2D eigenvalue weighted by Gasteiger charge is -2.38. The molecule has 1 aliphatic rings. The number of phenols is 1. The van der Waals surface area contributed by atoms with Crippen molar-refractivity contribution in [3.05, 3.63) is 24.3 Å². The lowest BCUT2D eigenvalue weighted by atomic mass is 10.0. The number of urea groups is 1. The van der Waals surface area contributed by atoms with Gasteiger partial charge < -0.3 is 30.3 Å². The predicted octanol–water partition coefficient (Wildman–Crippen LogP) is 0.936. The van der Waals surface area contributed by atoms with Gasteiger partial charge in [-0.15, -0.1) is 0 Å². The summed E-state index contributed by atoms with van der Waals surface area (Å²) in [4.78, 5) is 13.4. The first-order chi connectivity index (χ1) is 11.6. The van der Waals surface area contributed by atoms with Crippen LogP contribution in [-0.2, 0) is 0 Å². The topological polar surface area (TPSA) is 102 Å². The van der Waals surface area contributed by atoms with Crippen LogP contribution in [0.2, 0.25) is 0 Å². The molecular formula is C17H26N2O5. The van der Waals surface area contributed by atoms with Crippen molar-refractivity contribution < 1.29 is 24.9 Å². The molecule has 1 heterocycles. The molecule has 0 radical (unpaired) electrons. The van der Waals surface area contributed by atoms with Gasteiger partial charge in [0.15, 0.2) is 0 Å². The van der Waals surface area contributed by atoms with Crippen LogP contribution in [0.25, 0.3) is 0 Å². The lowest BCUT2D eigenvalue weighted by Crippen LogP contribution is -2.54. The number of hydrogen-bond donors (Lipinski definition) is 4. The molecule has 0 unspecified atom stereocenters. The van der Waals surface area contributed by atoms with Gasteiger partial charge in [-0.25, -0.2) is 4.79 Å². The summed E-state index contributed by atoms with van der Waals surface area (Å²) in [6.45, 7) is 2.15. The van der Waals surface area contributed by atoms with Gasteiger partial charge in [0.1, 0.15) is 18.1 Å². The van der Waals surface area contributed by atoms with Crippen molar-refractivity contribution >= 4 is 6.03 Å². The van der Waals surface area contributed by atoms with E-state index in [1.807, 2.05) is 0 Å². The van der Waals surface area contributed by atoms with Crippen LogP contribution in [0.4, 0.5) is 4.79 Å². The molecule has 1 aromatic rings. The standard InChI is InChI=1S/C17H26N2O5/c20-11-13-9-19(10-13)17(23)18-8-2-1-3-15(22)12-24-16-6-4-14(21)5-7-16/h4-7,13,15,20-22H,1-3,8-12H2,(H,18,23)/t15-/m0/s1. The molecule has 1 aromatic carbocycles. The number of nitrogens with zero attached hydrogens (tertiary/aromatic N) is 1. The Morgan fingerprint density at radius 2 is 2.00 bits per heavy atom. The van der Waals surface area contributed by atoms with Crippen LogP contribution in [0.3, 0.4) is 0 Å². The SMILES string of the molecule is O=C(NCCCC[C@H](O)COc1ccc(O)cc1)N1CC(CO)C1. The van der Waals surface area contributed by atoms with Crippen molar-refractivity contribution in [2.45, 2.75) is 25.4 Å². The third-order valence-electron chi connectivity index (χ3n) is 4.02. The lowest BCUT2D eigenvalue weighted by molar-refractivity contribution is 0.0774. The molecule has 2 rings (SSSR count). The number of unbranched alkanes of at least 4 members (excludes halogenated alkanes) is 1. The van der Waals surface area contributed by atoms with Crippen molar-refractivity contribution in [1.29, 1.82) is 0 Å². The first kappa shape index (κ1) is 18.4. The van der Waals surface area contributed by atoms with E-state index in [2.05, 4.69) is 5.32 Å². The number of hydrogen-bond acceptors (Lipinski definition) is 5. The number of aliphatic hydroxyl groups is 2. The number of rotatable bonds is 9. The Balaban J connectivity index is 1.48. The zero-order chi connectivity index (χ0) is 17.4. The maximum Gasteiger partial charge on any atom is 0.317 e. The van der Waals surface area contributed by atoms with E-state index in [-0.39, 0.29) is 30.9 Å². The van der Waals surface area contributed by atoms with E-state index in [0.717, 1.165) is 12.8 Å². The first-order valence-electron chi connectivity index (χ1n) is 8.32. The summed E-state index contributed by atoms with van der Waals surface area (Å²) in [7, 11) is 0. The van der Waals surface area contributed by atoms with Gasteiger partial charge >= 0.3 is 6.03 Å². The first-order valence-corrected chi connectivity index (χ1v) is 8.32. The number of phenolic OH excluding ortho intramolecular Hbond substituents is 1. The second-order valence-electron chi connectivity index (χ2n) is 6.14. The van der Waals surface area contributed by atoms with E-state index in [0.29, 0.717) is 31.8 Å². The van der Waals surface area contributed by atoms with Gasteiger partial charge in [0.05, 0.1) is 6.10 Å². The highest BCUT2D eigenvalue weighted by atomic mass is 16.5. The highest BCUT2D eigenvalue weighted by molar-refractivity contribution is 5.74. The summed E-state index contributed by atoms with van der Waals surface area (Å²) in [5.41, 5.74) is 0. The summed E-state index contributed by atoms with van der Waals surface area (Å²) in [5, 5.41) is 30.8. The van der Waals surface area contributed by atoms with E-state index >= 15 is 0 Å². The Hall–Kier alpha value is -1.99. The van der Waals surface area contributed by atoms with Crippen LogP contribution in [-0.4, -0.2) is 65.2 Å². The zero-order valence-electron chi connectivity index (χ0n) is 13.7. The van der Waals surface area contributed by atoms with Gasteiger partial charge in [0, 0.05) is 32.2 Å². The minimum absolute atomic E-state index is 0.0871. The molecule has 2 amide bonds. The van der Waals surface area contributed by atoms with Gasteiger partial charge in [-0.1, -0.05) is 0 Å². The molecule has 1 aliphatic heterocycles. The van der Waals surface area contributed by atoms with Crippen molar-refractivity contribution in [3.8, 4) is 11.5 Å². The molecule has 0 bridgehead atoms. The second kappa shape index (κ2) is 9.34. The average molecular weight is 338 g/mol. The van der Waals surface area contributed by atoms with Crippen LogP contribution in [0.5, 0.6) is 11.5 Å². The quantitative estimate of drug-likeness (QED) is 0.502. The third kappa shape index (κ3) is 5.90. The fourth-order valence-corrected chi connectivity index (χ4v) is 2.48. The van der Waals surface area contributed by atoms with Crippen LogP contribution >= 0.6 is 0 Å². The number of carbonyl (C=O) groups excluding carboxylic acids is 1. The average Bonchev–Trinajstić information content (AvgIpc) is 2.53. The summed E-state index contributed by atoms with van der Waals surface area (Å²) in [5.74, 6) is 1.00. The van der Waals surface area contributed by atoms with E-state index in [1.54, 1.807) is 17.0 Å². The minimum Gasteiger partial charge on any atom is -0.508 e. The zero-order valence-corrected chi connectivity index (χ0v) is 13.7. The Labute approximate surface area is 141 Å². The maximum atomic E-state index is 11.7. The van der Waals surface area contributed by atoms with Gasteiger partial charge in [-0.05, 0) is 43.5 Å². The molecule has 7 heteroatoms. The number of ether oxygens (including phenoxy) is 1. The summed E-state index contributed by atoms with van der Waals surface area (Å²) >= 11 is 0. The molecule has 4 N–H and O–H groups in total. The largest absolute Gasteiger partial charge is 0.508 e. The molecular weight excluding hydrogens is 312 g/mol.